The minimum absolute atomic E-state index is 0.0531. The van der Waals surface area contributed by atoms with Crippen LogP contribution >= 0.6 is 0 Å². The Bertz CT molecular complexity index is 391. The largest absolute Gasteiger partial charge is 0.481 e. The molecule has 0 spiro atoms. The van der Waals surface area contributed by atoms with Gasteiger partial charge in [-0.2, -0.15) is 0 Å². The van der Waals surface area contributed by atoms with Crippen molar-refractivity contribution in [2.24, 2.45) is 0 Å². The van der Waals surface area contributed by atoms with Crippen LogP contribution in [0.3, 0.4) is 0 Å². The number of carboxylic acids is 1. The minimum Gasteiger partial charge on any atom is -0.481 e. The van der Waals surface area contributed by atoms with E-state index in [0.29, 0.717) is 5.56 Å². The second-order valence-electron chi connectivity index (χ2n) is 3.54. The summed E-state index contributed by atoms with van der Waals surface area (Å²) in [4.78, 5) is 10.5. The number of halogens is 3. The van der Waals surface area contributed by atoms with E-state index in [0.717, 1.165) is 12.1 Å². The van der Waals surface area contributed by atoms with Crippen molar-refractivity contribution >= 4 is 5.97 Å². The number of hydrogen-bond donors (Lipinski definition) is 1. The van der Waals surface area contributed by atoms with Crippen molar-refractivity contribution in [3.8, 4) is 0 Å². The van der Waals surface area contributed by atoms with Gasteiger partial charge in [-0.1, -0.05) is 6.07 Å². The molecule has 0 aliphatic heterocycles. The zero-order valence-corrected chi connectivity index (χ0v) is 8.58. The first-order valence-electron chi connectivity index (χ1n) is 4.67. The van der Waals surface area contributed by atoms with E-state index < -0.39 is 30.6 Å². The maximum atomic E-state index is 12.9. The van der Waals surface area contributed by atoms with E-state index in [1.165, 1.54) is 6.07 Å². The molecule has 1 aromatic rings. The highest BCUT2D eigenvalue weighted by molar-refractivity contribution is 5.68. The van der Waals surface area contributed by atoms with Gasteiger partial charge in [-0.05, 0) is 30.2 Å². The van der Waals surface area contributed by atoms with Crippen LogP contribution in [0.25, 0.3) is 0 Å². The molecule has 0 aliphatic rings. The van der Waals surface area contributed by atoms with Gasteiger partial charge in [0.05, 0.1) is 12.3 Å². The first-order chi connectivity index (χ1) is 7.41. The van der Waals surface area contributed by atoms with Crippen molar-refractivity contribution in [2.45, 2.75) is 25.7 Å². The third-order valence-corrected chi connectivity index (χ3v) is 2.34. The lowest BCUT2D eigenvalue weighted by Gasteiger charge is -2.16. The number of alkyl halides is 2. The van der Waals surface area contributed by atoms with Gasteiger partial charge in [-0.3, -0.25) is 4.79 Å². The zero-order chi connectivity index (χ0) is 12.3. The molecule has 0 heterocycles. The summed E-state index contributed by atoms with van der Waals surface area (Å²) in [7, 11) is 0. The van der Waals surface area contributed by atoms with Gasteiger partial charge in [0.2, 0.25) is 6.43 Å². The van der Waals surface area contributed by atoms with Crippen molar-refractivity contribution in [3.63, 3.8) is 0 Å². The molecular weight excluding hydrogens is 221 g/mol. The molecule has 0 radical (unpaired) electrons. The lowest BCUT2D eigenvalue weighted by Crippen LogP contribution is -2.15. The summed E-state index contributed by atoms with van der Waals surface area (Å²) < 4.78 is 38.3. The summed E-state index contributed by atoms with van der Waals surface area (Å²) in [5.74, 6) is -3.43. The first-order valence-corrected chi connectivity index (χ1v) is 4.67. The number of aliphatic carboxylic acids is 1. The van der Waals surface area contributed by atoms with E-state index in [4.69, 9.17) is 5.11 Å². The van der Waals surface area contributed by atoms with Gasteiger partial charge >= 0.3 is 5.97 Å². The van der Waals surface area contributed by atoms with E-state index >= 15 is 0 Å². The summed E-state index contributed by atoms with van der Waals surface area (Å²) in [5, 5.41) is 8.53. The smallest absolute Gasteiger partial charge is 0.304 e. The molecule has 1 aromatic carbocycles. The van der Waals surface area contributed by atoms with Gasteiger partial charge in [-0.25, -0.2) is 13.2 Å². The fourth-order valence-electron chi connectivity index (χ4n) is 1.53. The number of hydrogen-bond acceptors (Lipinski definition) is 1. The topological polar surface area (TPSA) is 37.3 Å². The fraction of sp³-hybridized carbons (Fsp3) is 0.364. The summed E-state index contributed by atoms with van der Waals surface area (Å²) in [6.45, 7) is 1.55. The molecule has 0 aliphatic carbocycles. The van der Waals surface area contributed by atoms with Crippen LogP contribution in [0.5, 0.6) is 0 Å². The molecular formula is C11H11F3O2. The van der Waals surface area contributed by atoms with E-state index in [1.54, 1.807) is 6.92 Å². The van der Waals surface area contributed by atoms with Crippen molar-refractivity contribution < 1.29 is 23.1 Å². The molecule has 1 atom stereocenters. The van der Waals surface area contributed by atoms with Crippen LogP contribution in [-0.2, 0) is 4.79 Å². The van der Waals surface area contributed by atoms with Crippen LogP contribution in [0.2, 0.25) is 0 Å². The average Bonchev–Trinajstić information content (AvgIpc) is 2.18. The van der Waals surface area contributed by atoms with E-state index in [1.807, 2.05) is 0 Å². The van der Waals surface area contributed by atoms with E-state index in [2.05, 4.69) is 0 Å². The molecule has 0 aromatic heterocycles. The molecule has 1 rings (SSSR count). The SMILES string of the molecule is Cc1ccc(F)cc1C(CC(=O)O)C(F)F. The Morgan fingerprint density at radius 1 is 1.44 bits per heavy atom. The van der Waals surface area contributed by atoms with Gasteiger partial charge in [-0.15, -0.1) is 0 Å². The maximum absolute atomic E-state index is 12.9. The molecule has 0 fully saturated rings. The summed E-state index contributed by atoms with van der Waals surface area (Å²) in [6, 6.07) is 3.49. The Kier molecular flexibility index (Phi) is 3.93. The summed E-state index contributed by atoms with van der Waals surface area (Å²) in [5.41, 5.74) is 0.519. The van der Waals surface area contributed by atoms with Crippen molar-refractivity contribution in [1.82, 2.24) is 0 Å². The molecule has 0 amide bonds. The van der Waals surface area contributed by atoms with Crippen LogP contribution in [0.1, 0.15) is 23.5 Å². The first kappa shape index (κ1) is 12.5. The highest BCUT2D eigenvalue weighted by Crippen LogP contribution is 2.29. The Hall–Kier alpha value is -1.52. The van der Waals surface area contributed by atoms with Gasteiger partial charge in [0.1, 0.15) is 5.82 Å². The van der Waals surface area contributed by atoms with Crippen LogP contribution < -0.4 is 0 Å². The van der Waals surface area contributed by atoms with Gasteiger partial charge < -0.3 is 5.11 Å². The van der Waals surface area contributed by atoms with Crippen molar-refractivity contribution in [2.75, 3.05) is 0 Å². The predicted molar refractivity (Wildman–Crippen MR) is 52.1 cm³/mol. The third kappa shape index (κ3) is 2.98. The lowest BCUT2D eigenvalue weighted by atomic mass is 9.92. The molecule has 0 bridgehead atoms. The van der Waals surface area contributed by atoms with Gasteiger partial charge in [0.15, 0.2) is 0 Å². The van der Waals surface area contributed by atoms with Gasteiger partial charge in [0, 0.05) is 0 Å². The molecule has 1 unspecified atom stereocenters. The quantitative estimate of drug-likeness (QED) is 0.866. The molecule has 88 valence electrons. The molecule has 16 heavy (non-hydrogen) atoms. The highest BCUT2D eigenvalue weighted by Gasteiger charge is 2.26. The Balaban J connectivity index is 3.09. The number of aryl methyl sites for hydroxylation is 1. The molecule has 0 saturated heterocycles. The van der Waals surface area contributed by atoms with E-state index in [9.17, 15) is 18.0 Å². The van der Waals surface area contributed by atoms with E-state index in [-0.39, 0.29) is 5.56 Å². The molecule has 5 heteroatoms. The maximum Gasteiger partial charge on any atom is 0.304 e. The Labute approximate surface area is 90.7 Å². The van der Waals surface area contributed by atoms with Crippen LogP contribution in [-0.4, -0.2) is 17.5 Å². The van der Waals surface area contributed by atoms with Crippen molar-refractivity contribution in [3.05, 3.63) is 35.1 Å². The number of carboxylic acid groups (broad SMARTS) is 1. The minimum atomic E-state index is -2.82. The Morgan fingerprint density at radius 2 is 2.06 bits per heavy atom. The lowest BCUT2D eigenvalue weighted by molar-refractivity contribution is -0.138. The molecule has 1 N–H and O–H groups in total. The highest BCUT2D eigenvalue weighted by atomic mass is 19.3. The number of carbonyl (C=O) groups is 1. The summed E-state index contributed by atoms with van der Waals surface area (Å²) >= 11 is 0. The second-order valence-corrected chi connectivity index (χ2v) is 3.54. The van der Waals surface area contributed by atoms with Gasteiger partial charge in [0.25, 0.3) is 0 Å². The van der Waals surface area contributed by atoms with Crippen LogP contribution in [0.15, 0.2) is 18.2 Å². The van der Waals surface area contributed by atoms with Crippen LogP contribution in [0, 0.1) is 12.7 Å². The number of benzene rings is 1. The predicted octanol–water partition coefficient (Wildman–Crippen LogP) is 2.96. The molecule has 2 nitrogen and oxygen atoms in total. The standard InChI is InChI=1S/C11H11F3O2/c1-6-2-3-7(12)4-8(6)9(11(13)14)5-10(15)16/h2-4,9,11H,5H2,1H3,(H,15,16). The van der Waals surface area contributed by atoms with Crippen LogP contribution in [0.4, 0.5) is 13.2 Å². The summed E-state index contributed by atoms with van der Waals surface area (Å²) in [6.07, 6.45) is -3.53. The number of rotatable bonds is 4. The monoisotopic (exact) mass is 232 g/mol. The second kappa shape index (κ2) is 5.01. The zero-order valence-electron chi connectivity index (χ0n) is 8.58. The third-order valence-electron chi connectivity index (χ3n) is 2.34. The van der Waals surface area contributed by atoms with Crippen molar-refractivity contribution in [1.29, 1.82) is 0 Å². The normalized spacial score (nSPS) is 12.8. The fourth-order valence-corrected chi connectivity index (χ4v) is 1.53. The average molecular weight is 232 g/mol. The Morgan fingerprint density at radius 3 is 2.56 bits per heavy atom. The molecule has 0 saturated carbocycles.